The van der Waals surface area contributed by atoms with Gasteiger partial charge in [0.2, 0.25) is 0 Å². The molecule has 0 spiro atoms. The third kappa shape index (κ3) is 1.66. The highest BCUT2D eigenvalue weighted by molar-refractivity contribution is 7.03. The molecule has 0 bridgehead atoms. The maximum absolute atomic E-state index is 6.07. The van der Waals surface area contributed by atoms with Gasteiger partial charge in [0.05, 0.1) is 11.7 Å². The number of nitrogens with two attached hydrogens (primary N) is 1. The molecule has 1 aromatic heterocycles. The summed E-state index contributed by atoms with van der Waals surface area (Å²) >= 11 is 1.33. The molecule has 1 atom stereocenters. The molecule has 0 radical (unpaired) electrons. The van der Waals surface area contributed by atoms with Crippen LogP contribution in [0.4, 0.5) is 0 Å². The van der Waals surface area contributed by atoms with Crippen molar-refractivity contribution < 1.29 is 0 Å². The molecule has 4 heteroatoms. The summed E-state index contributed by atoms with van der Waals surface area (Å²) in [6, 6.07) is 7.91. The Morgan fingerprint density at radius 1 is 1.36 bits per heavy atom. The van der Waals surface area contributed by atoms with Gasteiger partial charge >= 0.3 is 0 Å². The van der Waals surface area contributed by atoms with Gasteiger partial charge in [0.1, 0.15) is 0 Å². The van der Waals surface area contributed by atoms with E-state index < -0.39 is 0 Å². The first-order valence-corrected chi connectivity index (χ1v) is 5.21. The molecule has 0 amide bonds. The van der Waals surface area contributed by atoms with Crippen LogP contribution in [-0.2, 0) is 0 Å². The van der Waals surface area contributed by atoms with E-state index in [-0.39, 0.29) is 6.04 Å². The molecule has 1 aromatic carbocycles. The highest BCUT2D eigenvalue weighted by Crippen LogP contribution is 2.20. The van der Waals surface area contributed by atoms with E-state index in [2.05, 4.69) is 22.6 Å². The quantitative estimate of drug-likeness (QED) is 0.814. The summed E-state index contributed by atoms with van der Waals surface area (Å²) < 4.78 is 3.81. The number of aromatic nitrogens is 2. The van der Waals surface area contributed by atoms with Crippen molar-refractivity contribution in [2.75, 3.05) is 0 Å². The molecule has 0 saturated heterocycles. The second-order valence-electron chi connectivity index (χ2n) is 3.16. The van der Waals surface area contributed by atoms with E-state index in [1.807, 2.05) is 23.6 Å². The average molecular weight is 205 g/mol. The van der Waals surface area contributed by atoms with E-state index in [1.165, 1.54) is 17.1 Å². The van der Waals surface area contributed by atoms with Gasteiger partial charge in [-0.2, -0.15) is 0 Å². The van der Waals surface area contributed by atoms with E-state index in [0.29, 0.717) is 0 Å². The number of hydrogen-bond donors (Lipinski definition) is 1. The highest BCUT2D eigenvalue weighted by atomic mass is 32.1. The van der Waals surface area contributed by atoms with Gasteiger partial charge in [-0.3, -0.25) is 0 Å². The summed E-state index contributed by atoms with van der Waals surface area (Å²) in [6.45, 7) is 2.05. The number of rotatable bonds is 2. The molecule has 0 fully saturated rings. The second-order valence-corrected chi connectivity index (χ2v) is 3.77. The van der Waals surface area contributed by atoms with Crippen molar-refractivity contribution in [2.24, 2.45) is 5.73 Å². The molecular weight excluding hydrogens is 194 g/mol. The van der Waals surface area contributed by atoms with Crippen LogP contribution in [-0.4, -0.2) is 9.59 Å². The van der Waals surface area contributed by atoms with Gasteiger partial charge < -0.3 is 5.73 Å². The molecule has 3 nitrogen and oxygen atoms in total. The lowest BCUT2D eigenvalue weighted by Crippen LogP contribution is -2.13. The van der Waals surface area contributed by atoms with Crippen LogP contribution < -0.4 is 5.73 Å². The Bertz CT molecular complexity index is 411. The largest absolute Gasteiger partial charge is 0.319 e. The third-order valence-electron chi connectivity index (χ3n) is 2.22. The fourth-order valence-corrected chi connectivity index (χ4v) is 1.89. The van der Waals surface area contributed by atoms with Crippen molar-refractivity contribution >= 4 is 11.5 Å². The Morgan fingerprint density at radius 2 is 2.14 bits per heavy atom. The molecule has 2 aromatic rings. The first-order valence-electron chi connectivity index (χ1n) is 4.37. The lowest BCUT2D eigenvalue weighted by atomic mass is 10.0. The van der Waals surface area contributed by atoms with Crippen molar-refractivity contribution in [3.05, 3.63) is 46.5 Å². The van der Waals surface area contributed by atoms with E-state index in [0.717, 1.165) is 11.3 Å². The summed E-state index contributed by atoms with van der Waals surface area (Å²) in [4.78, 5) is 0. The minimum Gasteiger partial charge on any atom is -0.319 e. The highest BCUT2D eigenvalue weighted by Gasteiger charge is 2.12. The fraction of sp³-hybridized carbons (Fsp3) is 0.200. The summed E-state index contributed by atoms with van der Waals surface area (Å²) in [5.41, 5.74) is 9.20. The standard InChI is InChI=1S/C10H11N3S/c1-7-4-2-3-5-8(7)10(11)9-6-14-13-12-9/h2-6,10H,11H2,1H3. The van der Waals surface area contributed by atoms with Gasteiger partial charge in [0, 0.05) is 5.38 Å². The van der Waals surface area contributed by atoms with Crippen molar-refractivity contribution in [3.8, 4) is 0 Å². The maximum Gasteiger partial charge on any atom is 0.0968 e. The topological polar surface area (TPSA) is 51.8 Å². The number of benzene rings is 1. The molecule has 2 rings (SSSR count). The summed E-state index contributed by atoms with van der Waals surface area (Å²) in [6.07, 6.45) is 0. The Morgan fingerprint density at radius 3 is 2.79 bits per heavy atom. The van der Waals surface area contributed by atoms with Crippen LogP contribution in [0.25, 0.3) is 0 Å². The van der Waals surface area contributed by atoms with Crippen LogP contribution in [0.15, 0.2) is 29.6 Å². The molecular formula is C10H11N3S. The Kier molecular flexibility index (Phi) is 2.56. The normalized spacial score (nSPS) is 12.7. The van der Waals surface area contributed by atoms with Crippen LogP contribution >= 0.6 is 11.5 Å². The fourth-order valence-electron chi connectivity index (χ4n) is 1.40. The van der Waals surface area contributed by atoms with Crippen molar-refractivity contribution in [2.45, 2.75) is 13.0 Å². The average Bonchev–Trinajstić information content (AvgIpc) is 2.70. The van der Waals surface area contributed by atoms with Crippen molar-refractivity contribution in [3.63, 3.8) is 0 Å². The monoisotopic (exact) mass is 205 g/mol. The first-order chi connectivity index (χ1) is 6.79. The maximum atomic E-state index is 6.07. The SMILES string of the molecule is Cc1ccccc1C(N)c1csnn1. The molecule has 1 unspecified atom stereocenters. The van der Waals surface area contributed by atoms with Crippen molar-refractivity contribution in [1.29, 1.82) is 0 Å². The molecule has 1 heterocycles. The Hall–Kier alpha value is -1.26. The molecule has 0 aliphatic carbocycles. The Labute approximate surface area is 86.7 Å². The summed E-state index contributed by atoms with van der Waals surface area (Å²) in [7, 11) is 0. The van der Waals surface area contributed by atoms with E-state index in [1.54, 1.807) is 0 Å². The van der Waals surface area contributed by atoms with Gasteiger partial charge in [-0.1, -0.05) is 28.8 Å². The van der Waals surface area contributed by atoms with Crippen LogP contribution in [0.1, 0.15) is 22.9 Å². The van der Waals surface area contributed by atoms with Gasteiger partial charge in [0.15, 0.2) is 0 Å². The second kappa shape index (κ2) is 3.86. The van der Waals surface area contributed by atoms with Crippen LogP contribution in [0.3, 0.4) is 0 Å². The predicted molar refractivity (Wildman–Crippen MR) is 57.1 cm³/mol. The van der Waals surface area contributed by atoms with Crippen LogP contribution in [0.5, 0.6) is 0 Å². The van der Waals surface area contributed by atoms with Crippen LogP contribution in [0.2, 0.25) is 0 Å². The number of aryl methyl sites for hydroxylation is 1. The zero-order valence-electron chi connectivity index (χ0n) is 7.84. The van der Waals surface area contributed by atoms with E-state index in [9.17, 15) is 0 Å². The smallest absolute Gasteiger partial charge is 0.0968 e. The lowest BCUT2D eigenvalue weighted by Gasteiger charge is -2.11. The van der Waals surface area contributed by atoms with Crippen LogP contribution in [0, 0.1) is 6.92 Å². The third-order valence-corrected chi connectivity index (χ3v) is 2.74. The molecule has 14 heavy (non-hydrogen) atoms. The van der Waals surface area contributed by atoms with E-state index in [4.69, 9.17) is 5.73 Å². The van der Waals surface area contributed by atoms with E-state index >= 15 is 0 Å². The zero-order valence-corrected chi connectivity index (χ0v) is 8.66. The predicted octanol–water partition coefficient (Wildman–Crippen LogP) is 1.89. The zero-order chi connectivity index (χ0) is 9.97. The minimum atomic E-state index is -0.157. The van der Waals surface area contributed by atoms with Gasteiger partial charge in [0.25, 0.3) is 0 Å². The molecule has 2 N–H and O–H groups in total. The number of hydrogen-bond acceptors (Lipinski definition) is 4. The lowest BCUT2D eigenvalue weighted by molar-refractivity contribution is 0.811. The van der Waals surface area contributed by atoms with Gasteiger partial charge in [-0.15, -0.1) is 5.10 Å². The molecule has 0 aliphatic rings. The molecule has 0 aliphatic heterocycles. The van der Waals surface area contributed by atoms with Gasteiger partial charge in [-0.25, -0.2) is 0 Å². The van der Waals surface area contributed by atoms with Gasteiger partial charge in [-0.05, 0) is 29.6 Å². The minimum absolute atomic E-state index is 0.157. The number of nitrogens with zero attached hydrogens (tertiary/aromatic N) is 2. The van der Waals surface area contributed by atoms with Crippen molar-refractivity contribution in [1.82, 2.24) is 9.59 Å². The molecule has 0 saturated carbocycles. The Balaban J connectivity index is 2.37. The first kappa shape index (κ1) is 9.30. The summed E-state index contributed by atoms with van der Waals surface area (Å²) in [5, 5.41) is 5.86. The molecule has 72 valence electrons. The summed E-state index contributed by atoms with van der Waals surface area (Å²) in [5.74, 6) is 0.